The van der Waals surface area contributed by atoms with Crippen LogP contribution in [0.3, 0.4) is 0 Å². The summed E-state index contributed by atoms with van der Waals surface area (Å²) in [6.07, 6.45) is 1.12. The molecule has 0 bridgehead atoms. The highest BCUT2D eigenvalue weighted by atomic mass is 16.7. The molecule has 1 N–H and O–H groups in total. The molecule has 24 heavy (non-hydrogen) atoms. The van der Waals surface area contributed by atoms with Crippen molar-refractivity contribution in [2.24, 2.45) is 0 Å². The summed E-state index contributed by atoms with van der Waals surface area (Å²) in [5.41, 5.74) is 0.00152. The molecule has 0 atom stereocenters. The van der Waals surface area contributed by atoms with Crippen LogP contribution in [0.2, 0.25) is 0 Å². The first kappa shape index (κ1) is 19.0. The maximum absolute atomic E-state index is 11.6. The zero-order valence-corrected chi connectivity index (χ0v) is 13.1. The van der Waals surface area contributed by atoms with Crippen LogP contribution in [-0.4, -0.2) is 43.5 Å². The van der Waals surface area contributed by atoms with E-state index in [1.165, 1.54) is 25.3 Å². The van der Waals surface area contributed by atoms with Gasteiger partial charge in [0.15, 0.2) is 11.5 Å². The molecular formula is C16H18O8. The van der Waals surface area contributed by atoms with Crippen LogP contribution in [0.4, 0.5) is 4.79 Å². The Morgan fingerprint density at radius 2 is 1.79 bits per heavy atom. The van der Waals surface area contributed by atoms with E-state index in [9.17, 15) is 14.4 Å². The number of carbonyl (C=O) groups excluding carboxylic acids is 2. The summed E-state index contributed by atoms with van der Waals surface area (Å²) in [5, 5.41) is 8.89. The van der Waals surface area contributed by atoms with Crippen LogP contribution in [0, 0.1) is 0 Å². The van der Waals surface area contributed by atoms with E-state index in [1.807, 2.05) is 0 Å². The summed E-state index contributed by atoms with van der Waals surface area (Å²) in [7, 11) is 1.32. The molecule has 1 aromatic rings. The highest BCUT2D eigenvalue weighted by Gasteiger charge is 2.14. The van der Waals surface area contributed by atoms with Gasteiger partial charge in [-0.3, -0.25) is 0 Å². The molecule has 8 nitrogen and oxygen atoms in total. The first-order chi connectivity index (χ1) is 11.5. The molecule has 0 spiro atoms. The lowest BCUT2D eigenvalue weighted by molar-refractivity contribution is -0.137. The van der Waals surface area contributed by atoms with Crippen molar-refractivity contribution < 1.29 is 38.4 Å². The largest absolute Gasteiger partial charge is 0.513 e. The van der Waals surface area contributed by atoms with E-state index < -0.39 is 18.1 Å². The van der Waals surface area contributed by atoms with Gasteiger partial charge in [-0.05, 0) is 31.0 Å². The van der Waals surface area contributed by atoms with Crippen LogP contribution in [0.15, 0.2) is 30.9 Å². The minimum Gasteiger partial charge on any atom is -0.493 e. The van der Waals surface area contributed by atoms with E-state index in [4.69, 9.17) is 24.1 Å². The number of unbranched alkanes of at least 4 members (excludes halogenated alkanes) is 1. The first-order valence-corrected chi connectivity index (χ1v) is 7.03. The number of carboxylic acids is 1. The lowest BCUT2D eigenvalue weighted by atomic mass is 10.2. The van der Waals surface area contributed by atoms with Gasteiger partial charge in [-0.25, -0.2) is 14.4 Å². The quantitative estimate of drug-likeness (QED) is 0.316. The predicted octanol–water partition coefficient (Wildman–Crippen LogP) is 2.42. The van der Waals surface area contributed by atoms with Crippen molar-refractivity contribution in [1.82, 2.24) is 0 Å². The molecule has 0 aliphatic heterocycles. The minimum atomic E-state index is -1.13. The molecule has 8 heteroatoms. The highest BCUT2D eigenvalue weighted by Crippen LogP contribution is 2.28. The Balaban J connectivity index is 2.38. The number of hydrogen-bond acceptors (Lipinski definition) is 7. The number of aromatic carboxylic acids is 1. The molecule has 0 aromatic heterocycles. The Morgan fingerprint density at radius 1 is 1.12 bits per heavy atom. The molecule has 0 saturated heterocycles. The number of methoxy groups -OCH3 is 1. The fraction of sp³-hybridized carbons (Fsp3) is 0.312. The Hall–Kier alpha value is -3.03. The summed E-state index contributed by atoms with van der Waals surface area (Å²) >= 11 is 0. The van der Waals surface area contributed by atoms with Crippen molar-refractivity contribution in [3.8, 4) is 11.5 Å². The summed E-state index contributed by atoms with van der Waals surface area (Å²) in [4.78, 5) is 33.2. The van der Waals surface area contributed by atoms with E-state index in [-0.39, 0.29) is 30.3 Å². The normalized spacial score (nSPS) is 9.71. The summed E-state index contributed by atoms with van der Waals surface area (Å²) in [6, 6.07) is 3.82. The van der Waals surface area contributed by atoms with E-state index in [0.29, 0.717) is 12.8 Å². The van der Waals surface area contributed by atoms with E-state index >= 15 is 0 Å². The molecule has 0 heterocycles. The van der Waals surface area contributed by atoms with Gasteiger partial charge in [-0.15, -0.1) is 0 Å². The van der Waals surface area contributed by atoms with Crippen LogP contribution in [0.5, 0.6) is 11.5 Å². The van der Waals surface area contributed by atoms with Gasteiger partial charge in [-0.2, -0.15) is 0 Å². The molecule has 0 fully saturated rings. The smallest absolute Gasteiger partial charge is 0.493 e. The Morgan fingerprint density at radius 3 is 2.38 bits per heavy atom. The number of benzene rings is 1. The van der Waals surface area contributed by atoms with Gasteiger partial charge < -0.3 is 24.1 Å². The average Bonchev–Trinajstić information content (AvgIpc) is 2.57. The Bertz CT molecular complexity index is 608. The lowest BCUT2D eigenvalue weighted by Gasteiger charge is -2.10. The maximum Gasteiger partial charge on any atom is 0.513 e. The lowest BCUT2D eigenvalue weighted by Crippen LogP contribution is -2.13. The van der Waals surface area contributed by atoms with E-state index in [2.05, 4.69) is 6.58 Å². The number of rotatable bonds is 9. The van der Waals surface area contributed by atoms with Crippen molar-refractivity contribution in [2.45, 2.75) is 12.8 Å². The number of ether oxygens (including phenoxy) is 4. The molecule has 0 unspecified atom stereocenters. The molecule has 0 saturated carbocycles. The maximum atomic E-state index is 11.6. The van der Waals surface area contributed by atoms with Crippen LogP contribution in [0.25, 0.3) is 0 Å². The molecule has 0 amide bonds. The fourth-order valence-corrected chi connectivity index (χ4v) is 1.60. The van der Waals surface area contributed by atoms with Crippen molar-refractivity contribution >= 4 is 18.1 Å². The van der Waals surface area contributed by atoms with E-state index in [0.717, 1.165) is 6.08 Å². The minimum absolute atomic E-state index is 0.00152. The number of hydrogen-bond donors (Lipinski definition) is 1. The van der Waals surface area contributed by atoms with Gasteiger partial charge >= 0.3 is 18.1 Å². The van der Waals surface area contributed by atoms with Crippen LogP contribution in [-0.2, 0) is 14.3 Å². The summed E-state index contributed by atoms with van der Waals surface area (Å²) in [5.74, 6) is -1.48. The van der Waals surface area contributed by atoms with Gasteiger partial charge in [0.05, 0.1) is 25.9 Å². The monoisotopic (exact) mass is 338 g/mol. The highest BCUT2D eigenvalue weighted by molar-refractivity contribution is 5.88. The number of esters is 1. The fourth-order valence-electron chi connectivity index (χ4n) is 1.60. The summed E-state index contributed by atoms with van der Waals surface area (Å²) < 4.78 is 19.6. The van der Waals surface area contributed by atoms with Crippen molar-refractivity contribution in [3.05, 3.63) is 36.4 Å². The zero-order chi connectivity index (χ0) is 17.9. The van der Waals surface area contributed by atoms with Crippen LogP contribution >= 0.6 is 0 Å². The Labute approximate surface area is 138 Å². The molecule has 0 radical (unpaired) electrons. The third kappa shape index (κ3) is 6.39. The molecular weight excluding hydrogens is 320 g/mol. The van der Waals surface area contributed by atoms with Gasteiger partial charge in [-0.1, -0.05) is 6.58 Å². The first-order valence-electron chi connectivity index (χ1n) is 7.03. The average molecular weight is 338 g/mol. The van der Waals surface area contributed by atoms with Crippen LogP contribution in [0.1, 0.15) is 23.2 Å². The van der Waals surface area contributed by atoms with Crippen molar-refractivity contribution in [3.63, 3.8) is 0 Å². The third-order valence-corrected chi connectivity index (χ3v) is 2.77. The molecule has 130 valence electrons. The second-order valence-electron chi connectivity index (χ2n) is 4.45. The van der Waals surface area contributed by atoms with Crippen molar-refractivity contribution in [1.29, 1.82) is 0 Å². The SMILES string of the molecule is C=CC(=O)OCCCCOC(=O)Oc1ccc(C(=O)O)cc1OC. The second kappa shape index (κ2) is 9.88. The predicted molar refractivity (Wildman–Crippen MR) is 82.3 cm³/mol. The van der Waals surface area contributed by atoms with Crippen molar-refractivity contribution in [2.75, 3.05) is 20.3 Å². The Kier molecular flexibility index (Phi) is 7.83. The van der Waals surface area contributed by atoms with E-state index in [1.54, 1.807) is 0 Å². The van der Waals surface area contributed by atoms with Gasteiger partial charge in [0.25, 0.3) is 0 Å². The van der Waals surface area contributed by atoms with Gasteiger partial charge in [0.1, 0.15) is 0 Å². The molecule has 0 aliphatic rings. The zero-order valence-electron chi connectivity index (χ0n) is 13.1. The number of carbonyl (C=O) groups is 3. The van der Waals surface area contributed by atoms with Gasteiger partial charge in [0.2, 0.25) is 0 Å². The van der Waals surface area contributed by atoms with Gasteiger partial charge in [0, 0.05) is 6.08 Å². The third-order valence-electron chi connectivity index (χ3n) is 2.77. The molecule has 0 aliphatic carbocycles. The second-order valence-corrected chi connectivity index (χ2v) is 4.45. The molecule has 1 rings (SSSR count). The summed E-state index contributed by atoms with van der Waals surface area (Å²) in [6.45, 7) is 3.55. The standard InChI is InChI=1S/C16H18O8/c1-3-14(17)22-8-4-5-9-23-16(20)24-12-7-6-11(15(18)19)10-13(12)21-2/h3,6-7,10H,1,4-5,8-9H2,2H3,(H,18,19). The molecule has 1 aromatic carbocycles. The number of carboxylic acid groups (broad SMARTS) is 1. The topological polar surface area (TPSA) is 108 Å². The van der Waals surface area contributed by atoms with Crippen LogP contribution < -0.4 is 9.47 Å².